The molecule has 0 unspecified atom stereocenters. The lowest BCUT2D eigenvalue weighted by atomic mass is 9.98. The zero-order valence-electron chi connectivity index (χ0n) is 15.7. The summed E-state index contributed by atoms with van der Waals surface area (Å²) in [7, 11) is -2.21. The van der Waals surface area contributed by atoms with Crippen LogP contribution < -0.4 is 16.0 Å². The summed E-state index contributed by atoms with van der Waals surface area (Å²) >= 11 is 0. The van der Waals surface area contributed by atoms with Gasteiger partial charge in [-0.3, -0.25) is 9.79 Å². The van der Waals surface area contributed by atoms with Gasteiger partial charge in [0, 0.05) is 40.3 Å². The Hall–Kier alpha value is -0.870. The largest absolute Gasteiger partial charge is 0.511 e. The minimum absolute atomic E-state index is 0. The molecule has 3 N–H and O–H groups in total. The first kappa shape index (κ1) is 27.1. The number of rotatable bonds is 8. The van der Waals surface area contributed by atoms with Crippen molar-refractivity contribution >= 4 is 45.9 Å². The van der Waals surface area contributed by atoms with E-state index >= 15 is 0 Å². The predicted octanol–water partition coefficient (Wildman–Crippen LogP) is 0.0936. The first-order valence-corrected chi connectivity index (χ1v) is 9.82. The van der Waals surface area contributed by atoms with Crippen LogP contribution in [0.5, 0.6) is 0 Å². The fourth-order valence-corrected chi connectivity index (χ4v) is 3.47. The summed E-state index contributed by atoms with van der Waals surface area (Å²) in [6.07, 6.45) is 0.605. The highest BCUT2D eigenvalue weighted by molar-refractivity contribution is 14.0. The molecule has 0 radical (unpaired) electrons. The predicted molar refractivity (Wildman–Crippen MR) is 109 cm³/mol. The number of piperidine rings is 1. The number of ether oxygens (including phenoxy) is 1. The SMILES string of the molecule is CN=C(NCC(=O)NCCOC)NCC1CCN(S(=O)(=O)C(F)(F)F)CC1.I. The van der Waals surface area contributed by atoms with Gasteiger partial charge >= 0.3 is 15.5 Å². The van der Waals surface area contributed by atoms with Gasteiger partial charge in [0.2, 0.25) is 5.91 Å². The molecule has 0 aromatic heterocycles. The Balaban J connectivity index is 0.00000729. The third-order valence-electron chi connectivity index (χ3n) is 4.03. The van der Waals surface area contributed by atoms with Crippen molar-refractivity contribution in [3.05, 3.63) is 0 Å². The number of nitrogens with one attached hydrogen (secondary N) is 3. The highest BCUT2D eigenvalue weighted by Crippen LogP contribution is 2.30. The lowest BCUT2D eigenvalue weighted by Crippen LogP contribution is -2.48. The van der Waals surface area contributed by atoms with Crippen molar-refractivity contribution in [2.45, 2.75) is 18.3 Å². The Labute approximate surface area is 179 Å². The molecule has 0 saturated carbocycles. The molecule has 1 amide bonds. The van der Waals surface area contributed by atoms with Crippen molar-refractivity contribution in [2.24, 2.45) is 10.9 Å². The second kappa shape index (κ2) is 12.6. The van der Waals surface area contributed by atoms with Crippen LogP contribution >= 0.6 is 24.0 Å². The molecular formula is C14H27F3IN5O4S. The summed E-state index contributed by atoms with van der Waals surface area (Å²) in [5.74, 6) is 0.140. The summed E-state index contributed by atoms with van der Waals surface area (Å²) in [6.45, 7) is 0.852. The fraction of sp³-hybridized carbons (Fsp3) is 0.857. The first-order valence-electron chi connectivity index (χ1n) is 8.38. The molecule has 166 valence electrons. The Bertz CT molecular complexity index is 611. The van der Waals surface area contributed by atoms with Crippen molar-refractivity contribution in [1.82, 2.24) is 20.3 Å². The molecule has 1 saturated heterocycles. The number of guanidine groups is 1. The maximum atomic E-state index is 12.6. The summed E-state index contributed by atoms with van der Waals surface area (Å²) in [5.41, 5.74) is -5.27. The molecule has 1 aliphatic heterocycles. The Morgan fingerprint density at radius 1 is 1.21 bits per heavy atom. The van der Waals surface area contributed by atoms with E-state index in [2.05, 4.69) is 20.9 Å². The van der Waals surface area contributed by atoms with E-state index in [-0.39, 0.29) is 55.4 Å². The highest BCUT2D eigenvalue weighted by atomic mass is 127. The van der Waals surface area contributed by atoms with E-state index in [1.165, 1.54) is 14.2 Å². The van der Waals surface area contributed by atoms with Crippen LogP contribution in [0.1, 0.15) is 12.8 Å². The number of methoxy groups -OCH3 is 1. The van der Waals surface area contributed by atoms with Gasteiger partial charge in [-0.1, -0.05) is 0 Å². The molecule has 1 heterocycles. The van der Waals surface area contributed by atoms with Gasteiger partial charge in [-0.15, -0.1) is 24.0 Å². The number of halogens is 4. The monoisotopic (exact) mass is 545 g/mol. The minimum atomic E-state index is -5.27. The van der Waals surface area contributed by atoms with E-state index in [4.69, 9.17) is 4.74 Å². The topological polar surface area (TPSA) is 112 Å². The Morgan fingerprint density at radius 3 is 2.32 bits per heavy atom. The van der Waals surface area contributed by atoms with Gasteiger partial charge in [0.1, 0.15) is 0 Å². The van der Waals surface area contributed by atoms with E-state index in [0.717, 1.165) is 0 Å². The van der Waals surface area contributed by atoms with Crippen LogP contribution in [0.2, 0.25) is 0 Å². The first-order chi connectivity index (χ1) is 12.6. The molecule has 1 fully saturated rings. The molecule has 9 nitrogen and oxygen atoms in total. The second-order valence-electron chi connectivity index (χ2n) is 5.94. The standard InChI is InChI=1S/C14H26F3N5O4S.HI/c1-18-13(21-10-12(23)19-5-8-26-2)20-9-11-3-6-22(7-4-11)27(24,25)14(15,16)17;/h11H,3-10H2,1-2H3,(H,19,23)(H2,18,20,21);1H. The van der Waals surface area contributed by atoms with Crippen LogP contribution in [0.4, 0.5) is 13.2 Å². The third-order valence-corrected chi connectivity index (χ3v) is 5.66. The van der Waals surface area contributed by atoms with Crippen LogP contribution in [0.25, 0.3) is 0 Å². The number of hydrogen-bond acceptors (Lipinski definition) is 5. The molecule has 14 heteroatoms. The maximum absolute atomic E-state index is 12.6. The number of nitrogens with zero attached hydrogens (tertiary/aromatic N) is 2. The molecule has 0 aromatic carbocycles. The Kier molecular flexibility index (Phi) is 12.2. The van der Waals surface area contributed by atoms with E-state index in [9.17, 15) is 26.4 Å². The quantitative estimate of drug-likeness (QED) is 0.173. The summed E-state index contributed by atoms with van der Waals surface area (Å²) in [5, 5.41) is 8.45. The third kappa shape index (κ3) is 8.65. The number of hydrogen-bond donors (Lipinski definition) is 3. The van der Waals surface area contributed by atoms with E-state index in [1.807, 2.05) is 0 Å². The number of amides is 1. The van der Waals surface area contributed by atoms with Crippen molar-refractivity contribution in [2.75, 3.05) is 53.5 Å². The smallest absolute Gasteiger partial charge is 0.383 e. The van der Waals surface area contributed by atoms with Crippen LogP contribution in [0, 0.1) is 5.92 Å². The van der Waals surface area contributed by atoms with Crippen LogP contribution in [-0.4, -0.2) is 83.6 Å². The summed E-state index contributed by atoms with van der Waals surface area (Å²) in [6, 6.07) is 0. The van der Waals surface area contributed by atoms with Gasteiger partial charge in [-0.2, -0.15) is 17.5 Å². The van der Waals surface area contributed by atoms with Crippen LogP contribution in [-0.2, 0) is 19.6 Å². The lowest BCUT2D eigenvalue weighted by molar-refractivity contribution is -0.120. The number of carbonyl (C=O) groups excluding carboxylic acids is 1. The van der Waals surface area contributed by atoms with Gasteiger partial charge < -0.3 is 20.7 Å². The average molecular weight is 545 g/mol. The van der Waals surface area contributed by atoms with Gasteiger partial charge in [0.05, 0.1) is 13.2 Å². The average Bonchev–Trinajstić information content (AvgIpc) is 2.61. The van der Waals surface area contributed by atoms with Crippen LogP contribution in [0.3, 0.4) is 0 Å². The molecular weight excluding hydrogens is 518 g/mol. The lowest BCUT2D eigenvalue weighted by Gasteiger charge is -2.31. The summed E-state index contributed by atoms with van der Waals surface area (Å²) < 4.78 is 65.7. The number of aliphatic imine (C=N–C) groups is 1. The molecule has 0 aliphatic carbocycles. The minimum Gasteiger partial charge on any atom is -0.383 e. The van der Waals surface area contributed by atoms with E-state index < -0.39 is 15.5 Å². The van der Waals surface area contributed by atoms with Crippen LogP contribution in [0.15, 0.2) is 4.99 Å². The fourth-order valence-electron chi connectivity index (χ4n) is 2.48. The van der Waals surface area contributed by atoms with Crippen molar-refractivity contribution in [3.8, 4) is 0 Å². The second-order valence-corrected chi connectivity index (χ2v) is 7.87. The van der Waals surface area contributed by atoms with Crippen molar-refractivity contribution in [3.63, 3.8) is 0 Å². The Morgan fingerprint density at radius 2 is 1.82 bits per heavy atom. The molecule has 0 atom stereocenters. The highest BCUT2D eigenvalue weighted by Gasteiger charge is 2.50. The molecule has 28 heavy (non-hydrogen) atoms. The van der Waals surface area contributed by atoms with E-state index in [0.29, 0.717) is 42.8 Å². The number of alkyl halides is 3. The maximum Gasteiger partial charge on any atom is 0.511 e. The normalized spacial score (nSPS) is 17.0. The van der Waals surface area contributed by atoms with Gasteiger partial charge in [-0.05, 0) is 18.8 Å². The molecule has 1 aliphatic rings. The zero-order chi connectivity index (χ0) is 20.5. The molecule has 0 bridgehead atoms. The van der Waals surface area contributed by atoms with Crippen molar-refractivity contribution in [1.29, 1.82) is 0 Å². The molecule has 0 spiro atoms. The van der Waals surface area contributed by atoms with Crippen molar-refractivity contribution < 1.29 is 31.1 Å². The van der Waals surface area contributed by atoms with E-state index in [1.54, 1.807) is 0 Å². The number of sulfonamides is 1. The summed E-state index contributed by atoms with van der Waals surface area (Å²) in [4.78, 5) is 15.6. The van der Waals surface area contributed by atoms with Gasteiger partial charge in [0.15, 0.2) is 5.96 Å². The number of carbonyl (C=O) groups is 1. The van der Waals surface area contributed by atoms with Gasteiger partial charge in [-0.25, -0.2) is 8.42 Å². The molecule has 0 aromatic rings. The zero-order valence-corrected chi connectivity index (χ0v) is 18.9. The van der Waals surface area contributed by atoms with Gasteiger partial charge in [0.25, 0.3) is 0 Å². The molecule has 1 rings (SSSR count).